The quantitative estimate of drug-likeness (QED) is 0.781. The fourth-order valence-corrected chi connectivity index (χ4v) is 5.29. The summed E-state index contributed by atoms with van der Waals surface area (Å²) in [7, 11) is 0. The van der Waals surface area contributed by atoms with Crippen LogP contribution in [-0.2, 0) is 4.79 Å². The van der Waals surface area contributed by atoms with Crippen molar-refractivity contribution in [2.24, 2.45) is 29.6 Å². The molecule has 1 N–H and O–H groups in total. The molecule has 5 atom stereocenters. The molecule has 3 aliphatic carbocycles. The van der Waals surface area contributed by atoms with Crippen LogP contribution in [0.4, 0.5) is 10.1 Å². The Hall–Kier alpha value is -0.800. The summed E-state index contributed by atoms with van der Waals surface area (Å²) < 4.78 is 12.4. The first kappa shape index (κ1) is 14.8. The van der Waals surface area contributed by atoms with E-state index >= 15 is 0 Å². The van der Waals surface area contributed by atoms with Crippen LogP contribution in [-0.4, -0.2) is 10.2 Å². The fourth-order valence-electron chi connectivity index (χ4n) is 4.37. The van der Waals surface area contributed by atoms with Gasteiger partial charge < -0.3 is 5.32 Å². The van der Waals surface area contributed by atoms with Gasteiger partial charge in [-0.15, -0.1) is 23.2 Å². The summed E-state index contributed by atoms with van der Waals surface area (Å²) in [5.74, 6) is 1.63. The lowest BCUT2D eigenvalue weighted by atomic mass is 10.0. The molecule has 118 valence electrons. The van der Waals surface area contributed by atoms with Crippen LogP contribution in [0.25, 0.3) is 0 Å². The van der Waals surface area contributed by atoms with Crippen molar-refractivity contribution in [2.75, 3.05) is 5.32 Å². The zero-order chi connectivity index (χ0) is 15.5. The number of carbonyl (C=O) groups excluding carboxylic acids is 1. The van der Waals surface area contributed by atoms with Crippen LogP contribution < -0.4 is 5.32 Å². The standard InChI is InChI=1S/C17H18Cl2FNO/c18-17(19)13-7-5-11-12(6-8-14(13)17)15(11)16(22)21-10-3-1-9(20)2-4-10/h1-4,11-15H,5-8H2,(H,21,22)/t11-,12+,13-,14+,15?. The smallest absolute Gasteiger partial charge is 0.228 e. The van der Waals surface area contributed by atoms with Crippen LogP contribution in [0.5, 0.6) is 0 Å². The second-order valence-corrected chi connectivity index (χ2v) is 8.34. The van der Waals surface area contributed by atoms with Gasteiger partial charge in [-0.1, -0.05) is 0 Å². The van der Waals surface area contributed by atoms with Gasteiger partial charge in [-0.25, -0.2) is 4.39 Å². The van der Waals surface area contributed by atoms with E-state index in [1.807, 2.05) is 0 Å². The molecule has 5 heteroatoms. The van der Waals surface area contributed by atoms with Crippen molar-refractivity contribution in [3.8, 4) is 0 Å². The zero-order valence-corrected chi connectivity index (χ0v) is 13.6. The van der Waals surface area contributed by atoms with Crippen molar-refractivity contribution < 1.29 is 9.18 Å². The van der Waals surface area contributed by atoms with E-state index in [1.54, 1.807) is 12.1 Å². The Bertz CT molecular complexity index is 581. The van der Waals surface area contributed by atoms with E-state index in [2.05, 4.69) is 5.32 Å². The molecule has 3 aliphatic rings. The number of hydrogen-bond donors (Lipinski definition) is 1. The van der Waals surface area contributed by atoms with Crippen molar-refractivity contribution in [1.29, 1.82) is 0 Å². The van der Waals surface area contributed by atoms with E-state index in [9.17, 15) is 9.18 Å². The zero-order valence-electron chi connectivity index (χ0n) is 12.1. The molecule has 22 heavy (non-hydrogen) atoms. The van der Waals surface area contributed by atoms with Gasteiger partial charge in [0.05, 0.1) is 0 Å². The number of hydrogen-bond acceptors (Lipinski definition) is 1. The number of benzene rings is 1. The van der Waals surface area contributed by atoms with Crippen molar-refractivity contribution in [2.45, 2.75) is 30.0 Å². The first-order chi connectivity index (χ1) is 10.5. The molecule has 1 aromatic carbocycles. The molecule has 0 bridgehead atoms. The van der Waals surface area contributed by atoms with Gasteiger partial charge >= 0.3 is 0 Å². The molecular weight excluding hydrogens is 324 g/mol. The van der Waals surface area contributed by atoms with Gasteiger partial charge in [-0.2, -0.15) is 0 Å². The predicted molar refractivity (Wildman–Crippen MR) is 85.4 cm³/mol. The summed E-state index contributed by atoms with van der Waals surface area (Å²) in [4.78, 5) is 12.4. The van der Waals surface area contributed by atoms with E-state index < -0.39 is 4.33 Å². The van der Waals surface area contributed by atoms with Crippen LogP contribution in [0.1, 0.15) is 25.7 Å². The van der Waals surface area contributed by atoms with Crippen molar-refractivity contribution in [1.82, 2.24) is 0 Å². The number of nitrogens with one attached hydrogen (secondary N) is 1. The largest absolute Gasteiger partial charge is 0.326 e. The first-order valence-electron chi connectivity index (χ1n) is 7.92. The van der Waals surface area contributed by atoms with E-state index in [0.29, 0.717) is 29.4 Å². The summed E-state index contributed by atoms with van der Waals surface area (Å²) in [5.41, 5.74) is 0.661. The molecule has 0 radical (unpaired) electrons. The second kappa shape index (κ2) is 5.10. The monoisotopic (exact) mass is 341 g/mol. The van der Waals surface area contributed by atoms with Crippen LogP contribution in [0.15, 0.2) is 24.3 Å². The highest BCUT2D eigenvalue weighted by atomic mass is 35.5. The summed E-state index contributed by atoms with van der Waals surface area (Å²) in [6.45, 7) is 0. The molecule has 0 saturated heterocycles. The second-order valence-electron chi connectivity index (χ2n) is 6.89. The van der Waals surface area contributed by atoms with Gasteiger partial charge in [-0.05, 0) is 73.6 Å². The minimum atomic E-state index is -0.511. The van der Waals surface area contributed by atoms with E-state index in [0.717, 1.165) is 25.7 Å². The van der Waals surface area contributed by atoms with E-state index in [4.69, 9.17) is 23.2 Å². The third-order valence-electron chi connectivity index (χ3n) is 5.73. The fraction of sp³-hybridized carbons (Fsp3) is 0.588. The lowest BCUT2D eigenvalue weighted by molar-refractivity contribution is -0.117. The Morgan fingerprint density at radius 1 is 1.05 bits per heavy atom. The van der Waals surface area contributed by atoms with Gasteiger partial charge in [0.25, 0.3) is 0 Å². The van der Waals surface area contributed by atoms with Gasteiger partial charge in [0.2, 0.25) is 5.91 Å². The number of alkyl halides is 2. The van der Waals surface area contributed by atoms with Crippen molar-refractivity contribution >= 4 is 34.8 Å². The summed E-state index contributed by atoms with van der Waals surface area (Å²) in [6.07, 6.45) is 4.13. The van der Waals surface area contributed by atoms with Crippen molar-refractivity contribution in [3.05, 3.63) is 30.1 Å². The summed E-state index contributed by atoms with van der Waals surface area (Å²) in [5, 5.41) is 2.91. The van der Waals surface area contributed by atoms with E-state index in [-0.39, 0.29) is 17.6 Å². The maximum absolute atomic E-state index is 12.9. The van der Waals surface area contributed by atoms with Crippen LogP contribution in [0, 0.1) is 35.4 Å². The third kappa shape index (κ3) is 2.43. The Morgan fingerprint density at radius 2 is 1.59 bits per heavy atom. The van der Waals surface area contributed by atoms with Gasteiger partial charge in [-0.3, -0.25) is 4.79 Å². The maximum Gasteiger partial charge on any atom is 0.228 e. The Balaban J connectivity index is 1.37. The topological polar surface area (TPSA) is 29.1 Å². The Morgan fingerprint density at radius 3 is 2.14 bits per heavy atom. The molecule has 0 spiro atoms. The van der Waals surface area contributed by atoms with Crippen molar-refractivity contribution in [3.63, 3.8) is 0 Å². The van der Waals surface area contributed by atoms with Crippen LogP contribution >= 0.6 is 23.2 Å². The lowest BCUT2D eigenvalue weighted by Crippen LogP contribution is -2.15. The average Bonchev–Trinajstić information content (AvgIpc) is 3.26. The number of halogens is 3. The highest BCUT2D eigenvalue weighted by Gasteiger charge is 2.65. The van der Waals surface area contributed by atoms with Gasteiger partial charge in [0, 0.05) is 11.6 Å². The molecule has 0 aliphatic heterocycles. The number of anilines is 1. The predicted octanol–water partition coefficient (Wildman–Crippen LogP) is 4.62. The Labute approximate surface area is 139 Å². The van der Waals surface area contributed by atoms with E-state index in [1.165, 1.54) is 12.1 Å². The van der Waals surface area contributed by atoms with Crippen LogP contribution in [0.3, 0.4) is 0 Å². The minimum absolute atomic E-state index is 0.0696. The molecule has 1 unspecified atom stereocenters. The number of fused-ring (bicyclic) bond motifs is 2. The molecule has 0 heterocycles. The number of amides is 1. The Kier molecular flexibility index (Phi) is 3.43. The maximum atomic E-state index is 12.9. The number of rotatable bonds is 2. The molecule has 4 rings (SSSR count). The highest BCUT2D eigenvalue weighted by Crippen LogP contribution is 2.67. The minimum Gasteiger partial charge on any atom is -0.326 e. The van der Waals surface area contributed by atoms with Gasteiger partial charge in [0.15, 0.2) is 0 Å². The lowest BCUT2D eigenvalue weighted by Gasteiger charge is -2.05. The molecule has 3 fully saturated rings. The molecular formula is C17H18Cl2FNO. The molecule has 2 nitrogen and oxygen atoms in total. The van der Waals surface area contributed by atoms with Gasteiger partial charge in [0.1, 0.15) is 10.2 Å². The SMILES string of the molecule is O=C(Nc1ccc(F)cc1)C1[C@H]2CC[C@H]3[C@@H](CC[C@@H]12)C3(Cl)Cl. The number of carbonyl (C=O) groups is 1. The molecule has 3 saturated carbocycles. The molecule has 1 aromatic rings. The first-order valence-corrected chi connectivity index (χ1v) is 8.68. The molecule has 0 aromatic heterocycles. The average molecular weight is 342 g/mol. The molecule has 1 amide bonds. The normalized spacial score (nSPS) is 38.0. The highest BCUT2D eigenvalue weighted by molar-refractivity contribution is 6.51. The van der Waals surface area contributed by atoms with Crippen LogP contribution in [0.2, 0.25) is 0 Å². The summed E-state index contributed by atoms with van der Waals surface area (Å²) in [6, 6.07) is 5.92. The summed E-state index contributed by atoms with van der Waals surface area (Å²) >= 11 is 12.6. The third-order valence-corrected chi connectivity index (χ3v) is 6.85.